The summed E-state index contributed by atoms with van der Waals surface area (Å²) in [6.45, 7) is 7.97. The number of likely N-dealkylation sites (N-methyl/N-ethyl adjacent to an activating group) is 2. The molecule has 0 aromatic carbocycles. The van der Waals surface area contributed by atoms with Crippen LogP contribution < -0.4 is 11.3 Å². The minimum Gasteiger partial charge on any atom is -0.303 e. The third-order valence-electron chi connectivity index (χ3n) is 4.32. The maximum Gasteiger partial charge on any atom is 0.0387 e. The average molecular weight is 242 g/mol. The molecule has 0 bridgehead atoms. The molecule has 0 aromatic heterocycles. The Morgan fingerprint density at radius 1 is 1.24 bits per heavy atom. The van der Waals surface area contributed by atoms with Crippen molar-refractivity contribution in [1.29, 1.82) is 0 Å². The molecule has 1 fully saturated rings. The molecule has 4 nitrogen and oxygen atoms in total. The Balaban J connectivity index is 2.58. The third-order valence-corrected chi connectivity index (χ3v) is 4.32. The van der Waals surface area contributed by atoms with Crippen LogP contribution in [0.5, 0.6) is 0 Å². The first-order chi connectivity index (χ1) is 8.12. The Labute approximate surface area is 106 Å². The van der Waals surface area contributed by atoms with Gasteiger partial charge in [0, 0.05) is 31.7 Å². The summed E-state index contributed by atoms with van der Waals surface area (Å²) in [4.78, 5) is 4.86. The van der Waals surface area contributed by atoms with Crippen molar-refractivity contribution < 1.29 is 0 Å². The van der Waals surface area contributed by atoms with Crippen LogP contribution in [0.2, 0.25) is 0 Å². The number of rotatable bonds is 6. The summed E-state index contributed by atoms with van der Waals surface area (Å²) in [5.74, 6) is 6.56. The van der Waals surface area contributed by atoms with Crippen molar-refractivity contribution in [2.45, 2.75) is 45.2 Å². The van der Waals surface area contributed by atoms with Gasteiger partial charge in [0.25, 0.3) is 0 Å². The molecule has 0 amide bonds. The van der Waals surface area contributed by atoms with Crippen molar-refractivity contribution >= 4 is 0 Å². The molecule has 0 saturated carbocycles. The van der Waals surface area contributed by atoms with E-state index in [0.717, 1.165) is 25.6 Å². The fourth-order valence-corrected chi connectivity index (χ4v) is 2.80. The summed E-state index contributed by atoms with van der Waals surface area (Å²) >= 11 is 0. The van der Waals surface area contributed by atoms with Crippen molar-refractivity contribution in [3.63, 3.8) is 0 Å². The number of hydrogen-bond acceptors (Lipinski definition) is 4. The van der Waals surface area contributed by atoms with Gasteiger partial charge < -0.3 is 4.90 Å². The molecule has 2 unspecified atom stereocenters. The molecule has 1 aliphatic heterocycles. The molecule has 3 N–H and O–H groups in total. The molecule has 0 aliphatic carbocycles. The van der Waals surface area contributed by atoms with Crippen LogP contribution in [0.1, 0.15) is 33.1 Å². The third kappa shape index (κ3) is 4.21. The van der Waals surface area contributed by atoms with Crippen molar-refractivity contribution in [3.05, 3.63) is 0 Å². The number of hydrazine groups is 1. The highest BCUT2D eigenvalue weighted by atomic mass is 15.3. The number of hydrogen-bond donors (Lipinski definition) is 2. The first-order valence-corrected chi connectivity index (χ1v) is 6.97. The second kappa shape index (κ2) is 7.31. The zero-order valence-electron chi connectivity index (χ0n) is 11.9. The van der Waals surface area contributed by atoms with Gasteiger partial charge in [0.1, 0.15) is 0 Å². The fourth-order valence-electron chi connectivity index (χ4n) is 2.80. The van der Waals surface area contributed by atoms with E-state index in [-0.39, 0.29) is 0 Å². The lowest BCUT2D eigenvalue weighted by molar-refractivity contribution is 0.0796. The lowest BCUT2D eigenvalue weighted by Gasteiger charge is -2.42. The monoisotopic (exact) mass is 242 g/mol. The van der Waals surface area contributed by atoms with Gasteiger partial charge >= 0.3 is 0 Å². The van der Waals surface area contributed by atoms with Crippen molar-refractivity contribution in [2.75, 3.05) is 33.7 Å². The number of nitrogens with two attached hydrogens (primary N) is 1. The summed E-state index contributed by atoms with van der Waals surface area (Å²) < 4.78 is 0. The van der Waals surface area contributed by atoms with Crippen LogP contribution in [0, 0.1) is 5.92 Å². The van der Waals surface area contributed by atoms with E-state index in [4.69, 9.17) is 5.84 Å². The van der Waals surface area contributed by atoms with Gasteiger partial charge in [-0.25, -0.2) is 0 Å². The zero-order valence-corrected chi connectivity index (χ0v) is 11.9. The van der Waals surface area contributed by atoms with E-state index in [9.17, 15) is 0 Å². The Hall–Kier alpha value is -0.160. The molecule has 1 heterocycles. The zero-order chi connectivity index (χ0) is 12.8. The molecular formula is C13H30N4. The van der Waals surface area contributed by atoms with Gasteiger partial charge in [-0.3, -0.25) is 16.2 Å². The quantitative estimate of drug-likeness (QED) is 0.536. The lowest BCUT2D eigenvalue weighted by atomic mass is 9.90. The van der Waals surface area contributed by atoms with Gasteiger partial charge in [-0.1, -0.05) is 26.7 Å². The van der Waals surface area contributed by atoms with Crippen LogP contribution in [0.15, 0.2) is 0 Å². The first kappa shape index (κ1) is 14.9. The largest absolute Gasteiger partial charge is 0.303 e. The predicted octanol–water partition coefficient (Wildman–Crippen LogP) is 0.890. The van der Waals surface area contributed by atoms with E-state index in [1.165, 1.54) is 19.3 Å². The minimum atomic E-state index is 0.410. The number of nitrogens with zero attached hydrogens (tertiary/aromatic N) is 2. The number of piperazine rings is 1. The van der Waals surface area contributed by atoms with Gasteiger partial charge in [-0.2, -0.15) is 0 Å². The summed E-state index contributed by atoms with van der Waals surface area (Å²) in [6.07, 6.45) is 3.69. The highest BCUT2D eigenvalue weighted by molar-refractivity contribution is 4.88. The molecule has 0 radical (unpaired) electrons. The Bertz CT molecular complexity index is 206. The van der Waals surface area contributed by atoms with E-state index < -0.39 is 0 Å². The Morgan fingerprint density at radius 2 is 1.88 bits per heavy atom. The highest BCUT2D eigenvalue weighted by Gasteiger charge is 2.30. The standard InChI is InChI=1S/C13H30N4/c1-5-11(6-2)9-12(15-14)13-10-16(3)7-8-17(13)4/h11-13,15H,5-10,14H2,1-4H3. The number of nitrogens with one attached hydrogen (secondary N) is 1. The topological polar surface area (TPSA) is 44.5 Å². The summed E-state index contributed by atoms with van der Waals surface area (Å²) in [6, 6.07) is 0.951. The van der Waals surface area contributed by atoms with E-state index in [2.05, 4.69) is 43.2 Å². The first-order valence-electron chi connectivity index (χ1n) is 6.97. The van der Waals surface area contributed by atoms with Gasteiger partial charge in [-0.05, 0) is 26.4 Å². The van der Waals surface area contributed by atoms with Crippen LogP contribution >= 0.6 is 0 Å². The van der Waals surface area contributed by atoms with Crippen LogP contribution in [-0.4, -0.2) is 55.6 Å². The van der Waals surface area contributed by atoms with Crippen LogP contribution in [-0.2, 0) is 0 Å². The maximum atomic E-state index is 5.77. The summed E-state index contributed by atoms with van der Waals surface area (Å²) in [5, 5.41) is 0. The molecule has 2 atom stereocenters. The fraction of sp³-hybridized carbons (Fsp3) is 1.00. The molecule has 17 heavy (non-hydrogen) atoms. The van der Waals surface area contributed by atoms with Crippen LogP contribution in [0.25, 0.3) is 0 Å². The molecule has 0 spiro atoms. The Morgan fingerprint density at radius 3 is 2.41 bits per heavy atom. The van der Waals surface area contributed by atoms with Gasteiger partial charge in [0.2, 0.25) is 0 Å². The average Bonchev–Trinajstić information content (AvgIpc) is 2.34. The van der Waals surface area contributed by atoms with Crippen molar-refractivity contribution in [1.82, 2.24) is 15.2 Å². The van der Waals surface area contributed by atoms with Gasteiger partial charge in [-0.15, -0.1) is 0 Å². The van der Waals surface area contributed by atoms with E-state index >= 15 is 0 Å². The molecule has 1 rings (SSSR count). The van der Waals surface area contributed by atoms with Gasteiger partial charge in [0.05, 0.1) is 0 Å². The molecule has 1 aliphatic rings. The van der Waals surface area contributed by atoms with Crippen molar-refractivity contribution in [2.24, 2.45) is 11.8 Å². The van der Waals surface area contributed by atoms with E-state index in [0.29, 0.717) is 12.1 Å². The van der Waals surface area contributed by atoms with Crippen molar-refractivity contribution in [3.8, 4) is 0 Å². The lowest BCUT2D eigenvalue weighted by Crippen LogP contribution is -2.60. The highest BCUT2D eigenvalue weighted by Crippen LogP contribution is 2.20. The molecule has 0 aromatic rings. The predicted molar refractivity (Wildman–Crippen MR) is 73.7 cm³/mol. The normalized spacial score (nSPS) is 25.4. The SMILES string of the molecule is CCC(CC)CC(NN)C1CN(C)CCN1C. The molecule has 4 heteroatoms. The summed E-state index contributed by atoms with van der Waals surface area (Å²) in [5.41, 5.74) is 3.05. The molecular weight excluding hydrogens is 212 g/mol. The second-order valence-electron chi connectivity index (χ2n) is 5.50. The molecule has 102 valence electrons. The second-order valence-corrected chi connectivity index (χ2v) is 5.50. The minimum absolute atomic E-state index is 0.410. The van der Waals surface area contributed by atoms with Crippen LogP contribution in [0.4, 0.5) is 0 Å². The smallest absolute Gasteiger partial charge is 0.0387 e. The van der Waals surface area contributed by atoms with Crippen LogP contribution in [0.3, 0.4) is 0 Å². The van der Waals surface area contributed by atoms with E-state index in [1.54, 1.807) is 0 Å². The molecule has 1 saturated heterocycles. The maximum absolute atomic E-state index is 5.77. The Kier molecular flexibility index (Phi) is 6.41. The van der Waals surface area contributed by atoms with Gasteiger partial charge in [0.15, 0.2) is 0 Å². The summed E-state index contributed by atoms with van der Waals surface area (Å²) in [7, 11) is 4.42. The van der Waals surface area contributed by atoms with E-state index in [1.807, 2.05) is 0 Å².